The molecule has 0 aliphatic carbocycles. The highest BCUT2D eigenvalue weighted by Gasteiger charge is 2.25. The summed E-state index contributed by atoms with van der Waals surface area (Å²) < 4.78 is 5.82. The molecule has 1 aliphatic heterocycles. The molecule has 1 aliphatic rings. The Bertz CT molecular complexity index is 688. The fourth-order valence-electron chi connectivity index (χ4n) is 3.55. The summed E-state index contributed by atoms with van der Waals surface area (Å²) in [6.07, 6.45) is -0.481. The molecule has 0 bridgehead atoms. The van der Waals surface area contributed by atoms with Gasteiger partial charge in [0.05, 0.1) is 0 Å². The molecule has 0 aromatic heterocycles. The molecule has 2 aromatic rings. The predicted octanol–water partition coefficient (Wildman–Crippen LogP) is 2.57. The summed E-state index contributed by atoms with van der Waals surface area (Å²) in [6.45, 7) is 2.87. The second-order valence-electron chi connectivity index (χ2n) is 7.25. The van der Waals surface area contributed by atoms with Crippen LogP contribution in [0, 0.1) is 0 Å². The summed E-state index contributed by atoms with van der Waals surface area (Å²) in [6, 6.07) is 17.0. The number of hydrogen-bond acceptors (Lipinski definition) is 4. The summed E-state index contributed by atoms with van der Waals surface area (Å²) in [5.74, 6) is 1.22. The minimum Gasteiger partial charge on any atom is -0.491 e. The largest absolute Gasteiger partial charge is 0.491 e. The molecular weight excluding hydrogens is 312 g/mol. The Labute approximate surface area is 150 Å². The topological polar surface area (TPSA) is 35.9 Å². The number of aliphatic hydroxyl groups excluding tert-OH is 1. The standard InChI is InChI=1S/C21H28N2O2/c1-22(2)13-18(24)15-25-19-9-10-20-17(11-19)12-23(3)14-21(20)16-7-5-4-6-8-16/h4-11,18,21,24H,12-15H2,1-3H3. The van der Waals surface area contributed by atoms with Gasteiger partial charge in [0.25, 0.3) is 0 Å². The number of fused-ring (bicyclic) bond motifs is 1. The van der Waals surface area contributed by atoms with Crippen molar-refractivity contribution >= 4 is 0 Å². The SMILES string of the molecule is CN(C)CC(O)COc1ccc2c(c1)CN(C)CC2c1ccccc1. The molecule has 134 valence electrons. The molecule has 25 heavy (non-hydrogen) atoms. The van der Waals surface area contributed by atoms with Crippen LogP contribution >= 0.6 is 0 Å². The van der Waals surface area contributed by atoms with E-state index in [4.69, 9.17) is 4.74 Å². The lowest BCUT2D eigenvalue weighted by molar-refractivity contribution is 0.0830. The van der Waals surface area contributed by atoms with Crippen molar-refractivity contribution in [1.29, 1.82) is 0 Å². The van der Waals surface area contributed by atoms with E-state index in [-0.39, 0.29) is 0 Å². The fourth-order valence-corrected chi connectivity index (χ4v) is 3.55. The van der Waals surface area contributed by atoms with Crippen molar-refractivity contribution in [3.63, 3.8) is 0 Å². The van der Waals surface area contributed by atoms with Gasteiger partial charge in [-0.2, -0.15) is 0 Å². The van der Waals surface area contributed by atoms with Gasteiger partial charge in [0.1, 0.15) is 18.5 Å². The van der Waals surface area contributed by atoms with Crippen LogP contribution in [0.1, 0.15) is 22.6 Å². The Morgan fingerprint density at radius 1 is 1.20 bits per heavy atom. The molecule has 0 spiro atoms. The van der Waals surface area contributed by atoms with Crippen molar-refractivity contribution in [2.75, 3.05) is 40.8 Å². The van der Waals surface area contributed by atoms with Crippen LogP contribution in [0.3, 0.4) is 0 Å². The molecule has 2 aromatic carbocycles. The molecule has 4 nitrogen and oxygen atoms in total. The van der Waals surface area contributed by atoms with E-state index >= 15 is 0 Å². The van der Waals surface area contributed by atoms with Gasteiger partial charge in [-0.05, 0) is 50.0 Å². The number of nitrogens with zero attached hydrogens (tertiary/aromatic N) is 2. The lowest BCUT2D eigenvalue weighted by Crippen LogP contribution is -2.31. The lowest BCUT2D eigenvalue weighted by atomic mass is 9.85. The van der Waals surface area contributed by atoms with E-state index in [0.717, 1.165) is 18.8 Å². The number of aliphatic hydroxyl groups is 1. The third-order valence-corrected chi connectivity index (χ3v) is 4.64. The van der Waals surface area contributed by atoms with Gasteiger partial charge in [-0.3, -0.25) is 0 Å². The van der Waals surface area contributed by atoms with Crippen LogP contribution in [0.2, 0.25) is 0 Å². The maximum atomic E-state index is 9.98. The second-order valence-corrected chi connectivity index (χ2v) is 7.25. The van der Waals surface area contributed by atoms with Gasteiger partial charge in [0.15, 0.2) is 0 Å². The highest BCUT2D eigenvalue weighted by molar-refractivity contribution is 5.44. The molecular formula is C21H28N2O2. The van der Waals surface area contributed by atoms with Crippen molar-refractivity contribution in [2.24, 2.45) is 0 Å². The van der Waals surface area contributed by atoms with Crippen LogP contribution < -0.4 is 4.74 Å². The van der Waals surface area contributed by atoms with Gasteiger partial charge in [-0.15, -0.1) is 0 Å². The fraction of sp³-hybridized carbons (Fsp3) is 0.429. The molecule has 0 saturated heterocycles. The average molecular weight is 340 g/mol. The summed E-state index contributed by atoms with van der Waals surface area (Å²) >= 11 is 0. The van der Waals surface area contributed by atoms with E-state index in [1.54, 1.807) is 0 Å². The predicted molar refractivity (Wildman–Crippen MR) is 101 cm³/mol. The van der Waals surface area contributed by atoms with Crippen LogP contribution in [0.5, 0.6) is 5.75 Å². The van der Waals surface area contributed by atoms with Gasteiger partial charge >= 0.3 is 0 Å². The van der Waals surface area contributed by atoms with Crippen LogP contribution in [-0.2, 0) is 6.54 Å². The normalized spacial score (nSPS) is 18.8. The molecule has 3 rings (SSSR count). The first-order chi connectivity index (χ1) is 12.0. The van der Waals surface area contributed by atoms with Crippen molar-refractivity contribution in [3.05, 3.63) is 65.2 Å². The minimum atomic E-state index is -0.481. The Balaban J connectivity index is 1.76. The van der Waals surface area contributed by atoms with E-state index in [9.17, 15) is 5.11 Å². The van der Waals surface area contributed by atoms with E-state index in [0.29, 0.717) is 19.1 Å². The Kier molecular flexibility index (Phi) is 5.74. The summed E-state index contributed by atoms with van der Waals surface area (Å²) in [5.41, 5.74) is 4.04. The first kappa shape index (κ1) is 17.9. The van der Waals surface area contributed by atoms with Crippen molar-refractivity contribution in [3.8, 4) is 5.75 Å². The highest BCUT2D eigenvalue weighted by atomic mass is 16.5. The maximum absolute atomic E-state index is 9.98. The van der Waals surface area contributed by atoms with Gasteiger partial charge < -0.3 is 19.6 Å². The minimum absolute atomic E-state index is 0.314. The Hall–Kier alpha value is -1.88. The molecule has 0 saturated carbocycles. The zero-order chi connectivity index (χ0) is 17.8. The number of benzene rings is 2. The van der Waals surface area contributed by atoms with Crippen molar-refractivity contribution in [2.45, 2.75) is 18.6 Å². The third-order valence-electron chi connectivity index (χ3n) is 4.64. The van der Waals surface area contributed by atoms with Crippen molar-refractivity contribution < 1.29 is 9.84 Å². The number of hydrogen-bond donors (Lipinski definition) is 1. The maximum Gasteiger partial charge on any atom is 0.119 e. The number of likely N-dealkylation sites (N-methyl/N-ethyl adjacent to an activating group) is 2. The van der Waals surface area contributed by atoms with Crippen LogP contribution in [0.15, 0.2) is 48.5 Å². The van der Waals surface area contributed by atoms with E-state index in [1.807, 2.05) is 25.1 Å². The molecule has 1 N–H and O–H groups in total. The summed E-state index contributed by atoms with van der Waals surface area (Å²) in [5, 5.41) is 9.98. The monoisotopic (exact) mass is 340 g/mol. The number of ether oxygens (including phenoxy) is 1. The third kappa shape index (κ3) is 4.60. The van der Waals surface area contributed by atoms with Crippen molar-refractivity contribution in [1.82, 2.24) is 9.80 Å². The molecule has 0 radical (unpaired) electrons. The van der Waals surface area contributed by atoms with Gasteiger partial charge in [0.2, 0.25) is 0 Å². The quantitative estimate of drug-likeness (QED) is 0.877. The average Bonchev–Trinajstić information content (AvgIpc) is 2.59. The molecule has 1 heterocycles. The van der Waals surface area contributed by atoms with Gasteiger partial charge in [-0.1, -0.05) is 36.4 Å². The summed E-state index contributed by atoms with van der Waals surface area (Å²) in [7, 11) is 6.05. The molecule has 4 heteroatoms. The molecule has 0 fully saturated rings. The molecule has 2 atom stereocenters. The highest BCUT2D eigenvalue weighted by Crippen LogP contribution is 2.34. The first-order valence-corrected chi connectivity index (χ1v) is 8.85. The second kappa shape index (κ2) is 8.00. The lowest BCUT2D eigenvalue weighted by Gasteiger charge is -2.33. The Morgan fingerprint density at radius 2 is 1.96 bits per heavy atom. The van der Waals surface area contributed by atoms with Crippen LogP contribution in [0.4, 0.5) is 0 Å². The zero-order valence-electron chi connectivity index (χ0n) is 15.4. The molecule has 2 unspecified atom stereocenters. The van der Waals surface area contributed by atoms with E-state index < -0.39 is 6.10 Å². The zero-order valence-corrected chi connectivity index (χ0v) is 15.4. The Morgan fingerprint density at radius 3 is 2.68 bits per heavy atom. The van der Waals surface area contributed by atoms with Crippen LogP contribution in [0.25, 0.3) is 0 Å². The van der Waals surface area contributed by atoms with Gasteiger partial charge in [-0.25, -0.2) is 0 Å². The molecule has 0 amide bonds. The van der Waals surface area contributed by atoms with E-state index in [1.165, 1.54) is 16.7 Å². The smallest absolute Gasteiger partial charge is 0.119 e. The van der Waals surface area contributed by atoms with E-state index in [2.05, 4.69) is 54.4 Å². The van der Waals surface area contributed by atoms with Crippen LogP contribution in [-0.4, -0.2) is 61.8 Å². The number of rotatable bonds is 6. The first-order valence-electron chi connectivity index (χ1n) is 8.85. The summed E-state index contributed by atoms with van der Waals surface area (Å²) in [4.78, 5) is 4.31. The van der Waals surface area contributed by atoms with Gasteiger partial charge in [0, 0.05) is 25.6 Å².